The van der Waals surface area contributed by atoms with Gasteiger partial charge in [-0.1, -0.05) is 29.3 Å². The first kappa shape index (κ1) is 24.0. The minimum absolute atomic E-state index is 0.142. The van der Waals surface area contributed by atoms with Crippen molar-refractivity contribution in [1.82, 2.24) is 10.4 Å². The van der Waals surface area contributed by atoms with Crippen molar-refractivity contribution in [3.05, 3.63) is 68.2 Å². The minimum atomic E-state index is -0.891. The highest BCUT2D eigenvalue weighted by Gasteiger charge is 2.36. The van der Waals surface area contributed by atoms with Crippen molar-refractivity contribution in [2.75, 3.05) is 18.5 Å². The molecular weight excluding hydrogens is 479 g/mol. The molecule has 0 aromatic heterocycles. The van der Waals surface area contributed by atoms with Gasteiger partial charge in [0.25, 0.3) is 17.5 Å². The van der Waals surface area contributed by atoms with Gasteiger partial charge in [0.05, 0.1) is 27.4 Å². The van der Waals surface area contributed by atoms with Crippen LogP contribution in [0.2, 0.25) is 10.0 Å². The number of hydrogen-bond acceptors (Lipinski definition) is 7. The fraction of sp³-hybridized carbons (Fsp3) is 0.200. The van der Waals surface area contributed by atoms with E-state index in [4.69, 9.17) is 27.9 Å². The maximum atomic E-state index is 12.3. The van der Waals surface area contributed by atoms with Crippen LogP contribution < -0.4 is 10.7 Å². The number of anilines is 1. The molecule has 0 aliphatic carbocycles. The topological polar surface area (TPSA) is 148 Å². The molecule has 0 spiro atoms. The van der Waals surface area contributed by atoms with Crippen LogP contribution in [0.25, 0.3) is 0 Å². The molecule has 33 heavy (non-hydrogen) atoms. The molecule has 172 valence electrons. The van der Waals surface area contributed by atoms with E-state index in [0.717, 1.165) is 11.1 Å². The average molecular weight is 495 g/mol. The van der Waals surface area contributed by atoms with Crippen LogP contribution in [0.1, 0.15) is 16.8 Å². The highest BCUT2D eigenvalue weighted by Crippen LogP contribution is 2.23. The van der Waals surface area contributed by atoms with Crippen molar-refractivity contribution in [2.24, 2.45) is 5.92 Å². The second kappa shape index (κ2) is 10.3. The van der Waals surface area contributed by atoms with E-state index in [-0.39, 0.29) is 39.9 Å². The van der Waals surface area contributed by atoms with Crippen molar-refractivity contribution in [1.29, 1.82) is 0 Å². The molecule has 13 heteroatoms. The lowest BCUT2D eigenvalue weighted by Gasteiger charge is -2.17. The first-order valence-electron chi connectivity index (χ1n) is 9.41. The number of ether oxygens (including phenoxy) is 1. The van der Waals surface area contributed by atoms with E-state index >= 15 is 0 Å². The Balaban J connectivity index is 1.50. The second-order valence-corrected chi connectivity index (χ2v) is 7.75. The summed E-state index contributed by atoms with van der Waals surface area (Å²) >= 11 is 11.7. The molecule has 0 bridgehead atoms. The summed E-state index contributed by atoms with van der Waals surface area (Å²) in [7, 11) is 0. The van der Waals surface area contributed by atoms with Crippen molar-refractivity contribution >= 4 is 58.3 Å². The molecule has 1 atom stereocenters. The number of nitrogens with zero attached hydrogens (tertiary/aromatic N) is 2. The van der Waals surface area contributed by atoms with E-state index in [9.17, 15) is 29.3 Å². The lowest BCUT2D eigenvalue weighted by molar-refractivity contribution is -0.384. The predicted octanol–water partition coefficient (Wildman–Crippen LogP) is 2.58. The number of hydrogen-bond donors (Lipinski definition) is 2. The van der Waals surface area contributed by atoms with Gasteiger partial charge in [-0.15, -0.1) is 0 Å². The zero-order valence-corrected chi connectivity index (χ0v) is 18.3. The van der Waals surface area contributed by atoms with E-state index < -0.39 is 41.1 Å². The average Bonchev–Trinajstić information content (AvgIpc) is 3.14. The molecule has 1 heterocycles. The molecule has 2 N–H and O–H groups in total. The largest absolute Gasteiger partial charge is 0.455 e. The number of rotatable bonds is 7. The summed E-state index contributed by atoms with van der Waals surface area (Å²) in [4.78, 5) is 58.9. The number of nitro groups is 1. The molecule has 1 aliphatic rings. The number of benzene rings is 2. The Morgan fingerprint density at radius 1 is 1.15 bits per heavy atom. The van der Waals surface area contributed by atoms with E-state index in [2.05, 4.69) is 10.7 Å². The molecule has 0 radical (unpaired) electrons. The van der Waals surface area contributed by atoms with Gasteiger partial charge in [0, 0.05) is 29.8 Å². The van der Waals surface area contributed by atoms with Gasteiger partial charge in [0.15, 0.2) is 6.61 Å². The van der Waals surface area contributed by atoms with Crippen LogP contribution in [-0.4, -0.2) is 46.8 Å². The fourth-order valence-corrected chi connectivity index (χ4v) is 3.25. The summed E-state index contributed by atoms with van der Waals surface area (Å²) < 4.78 is 4.94. The molecule has 3 rings (SSSR count). The third-order valence-corrected chi connectivity index (χ3v) is 5.30. The van der Waals surface area contributed by atoms with Gasteiger partial charge >= 0.3 is 5.97 Å². The van der Waals surface area contributed by atoms with Gasteiger partial charge < -0.3 is 10.1 Å². The molecule has 1 fully saturated rings. The standard InChI is InChI=1S/C20H16Cl2N4O7/c21-15-5-4-11(6-16(15)22)19(29)24-25-9-12(7-18(25)28)20(30)33-10-17(27)23-13-2-1-3-14(8-13)26(31)32/h1-6,8,12H,7,9-10H2,(H,23,27)(H,24,29)/t12-/m0/s1. The number of hydrazine groups is 1. The van der Waals surface area contributed by atoms with Crippen LogP contribution in [0.3, 0.4) is 0 Å². The van der Waals surface area contributed by atoms with Crippen LogP contribution in [0.15, 0.2) is 42.5 Å². The number of halogens is 2. The van der Waals surface area contributed by atoms with Gasteiger partial charge in [-0.25, -0.2) is 0 Å². The van der Waals surface area contributed by atoms with Gasteiger partial charge in [0.1, 0.15) is 0 Å². The van der Waals surface area contributed by atoms with Crippen molar-refractivity contribution in [2.45, 2.75) is 6.42 Å². The molecule has 0 saturated carbocycles. The number of nitro benzene ring substituents is 1. The maximum absolute atomic E-state index is 12.3. The van der Waals surface area contributed by atoms with E-state index in [0.29, 0.717) is 0 Å². The molecule has 1 saturated heterocycles. The number of carbonyl (C=O) groups excluding carboxylic acids is 4. The summed E-state index contributed by atoms with van der Waals surface area (Å²) in [5.41, 5.74) is 2.51. The van der Waals surface area contributed by atoms with Crippen LogP contribution >= 0.6 is 23.2 Å². The zero-order valence-electron chi connectivity index (χ0n) is 16.7. The van der Waals surface area contributed by atoms with Crippen LogP contribution in [0.5, 0.6) is 0 Å². The maximum Gasteiger partial charge on any atom is 0.311 e. The van der Waals surface area contributed by atoms with Crippen molar-refractivity contribution < 1.29 is 28.8 Å². The Labute approximate surface area is 196 Å². The highest BCUT2D eigenvalue weighted by molar-refractivity contribution is 6.42. The number of amides is 3. The number of nitrogens with one attached hydrogen (secondary N) is 2. The second-order valence-electron chi connectivity index (χ2n) is 6.94. The molecule has 0 unspecified atom stereocenters. The zero-order chi connectivity index (χ0) is 24.1. The normalized spacial score (nSPS) is 15.2. The summed E-state index contributed by atoms with van der Waals surface area (Å²) in [6.45, 7) is -0.793. The SMILES string of the molecule is O=C(COC(=O)[C@H]1CC(=O)N(NC(=O)c2ccc(Cl)c(Cl)c2)C1)Nc1cccc([N+](=O)[O-])c1. The Kier molecular flexibility index (Phi) is 7.46. The molecule has 11 nitrogen and oxygen atoms in total. The Morgan fingerprint density at radius 2 is 1.91 bits per heavy atom. The molecular formula is C20H16Cl2N4O7. The van der Waals surface area contributed by atoms with E-state index in [1.54, 1.807) is 0 Å². The van der Waals surface area contributed by atoms with Crippen LogP contribution in [-0.2, 0) is 19.1 Å². The van der Waals surface area contributed by atoms with Gasteiger partial charge in [-0.2, -0.15) is 0 Å². The third kappa shape index (κ3) is 6.18. The fourth-order valence-electron chi connectivity index (χ4n) is 2.95. The third-order valence-electron chi connectivity index (χ3n) is 4.56. The van der Waals surface area contributed by atoms with Gasteiger partial charge in [-0.05, 0) is 24.3 Å². The first-order chi connectivity index (χ1) is 15.6. The molecule has 1 aliphatic heterocycles. The molecule has 3 amide bonds. The summed E-state index contributed by atoms with van der Waals surface area (Å²) in [5.74, 6) is -3.53. The molecule has 2 aromatic rings. The van der Waals surface area contributed by atoms with Gasteiger partial charge in [-0.3, -0.25) is 39.7 Å². The number of carbonyl (C=O) groups is 4. The first-order valence-corrected chi connectivity index (χ1v) is 10.2. The quantitative estimate of drug-likeness (QED) is 0.341. The molecule has 2 aromatic carbocycles. The lowest BCUT2D eigenvalue weighted by Crippen LogP contribution is -2.43. The Hall–Kier alpha value is -3.70. The van der Waals surface area contributed by atoms with E-state index in [1.807, 2.05) is 0 Å². The van der Waals surface area contributed by atoms with Crippen molar-refractivity contribution in [3.63, 3.8) is 0 Å². The highest BCUT2D eigenvalue weighted by atomic mass is 35.5. The van der Waals surface area contributed by atoms with Crippen LogP contribution in [0.4, 0.5) is 11.4 Å². The monoisotopic (exact) mass is 494 g/mol. The number of esters is 1. The Bertz CT molecular complexity index is 1140. The summed E-state index contributed by atoms with van der Waals surface area (Å²) in [6, 6.07) is 9.45. The van der Waals surface area contributed by atoms with Gasteiger partial charge in [0.2, 0.25) is 5.91 Å². The van der Waals surface area contributed by atoms with E-state index in [1.165, 1.54) is 36.4 Å². The van der Waals surface area contributed by atoms with Crippen molar-refractivity contribution in [3.8, 4) is 0 Å². The smallest absolute Gasteiger partial charge is 0.311 e. The summed E-state index contributed by atoms with van der Waals surface area (Å²) in [5, 5.41) is 14.6. The number of non-ortho nitro benzene ring substituents is 1. The van der Waals surface area contributed by atoms with Crippen LogP contribution in [0, 0.1) is 16.0 Å². The summed E-state index contributed by atoms with van der Waals surface area (Å²) in [6.07, 6.45) is -0.215. The Morgan fingerprint density at radius 3 is 2.61 bits per heavy atom. The lowest BCUT2D eigenvalue weighted by atomic mass is 10.1. The predicted molar refractivity (Wildman–Crippen MR) is 116 cm³/mol. The minimum Gasteiger partial charge on any atom is -0.455 e.